The SMILES string of the molecule is COc1ccc(SCCS(C)(=O)=O)c(N)c1. The number of methoxy groups -OCH3 is 1. The van der Waals surface area contributed by atoms with E-state index in [-0.39, 0.29) is 5.75 Å². The average molecular weight is 261 g/mol. The Morgan fingerprint density at radius 2 is 2.12 bits per heavy atom. The van der Waals surface area contributed by atoms with Gasteiger partial charge < -0.3 is 10.5 Å². The Morgan fingerprint density at radius 3 is 2.62 bits per heavy atom. The van der Waals surface area contributed by atoms with Crippen molar-refractivity contribution in [3.05, 3.63) is 18.2 Å². The summed E-state index contributed by atoms with van der Waals surface area (Å²) in [4.78, 5) is 0.879. The molecule has 0 radical (unpaired) electrons. The Morgan fingerprint density at radius 1 is 1.44 bits per heavy atom. The molecule has 0 aliphatic carbocycles. The monoisotopic (exact) mass is 261 g/mol. The highest BCUT2D eigenvalue weighted by Gasteiger charge is 2.05. The number of thioether (sulfide) groups is 1. The molecule has 2 N–H and O–H groups in total. The van der Waals surface area contributed by atoms with E-state index in [0.717, 1.165) is 4.90 Å². The third kappa shape index (κ3) is 4.32. The van der Waals surface area contributed by atoms with Gasteiger partial charge in [0.1, 0.15) is 15.6 Å². The first kappa shape index (κ1) is 13.2. The predicted molar refractivity (Wildman–Crippen MR) is 67.8 cm³/mol. The zero-order chi connectivity index (χ0) is 12.2. The summed E-state index contributed by atoms with van der Waals surface area (Å²) in [6.45, 7) is 0. The second-order valence-corrected chi connectivity index (χ2v) is 6.78. The number of benzene rings is 1. The van der Waals surface area contributed by atoms with Crippen molar-refractivity contribution in [2.24, 2.45) is 0 Å². The molecule has 90 valence electrons. The highest BCUT2D eigenvalue weighted by atomic mass is 32.2. The fourth-order valence-electron chi connectivity index (χ4n) is 1.09. The van der Waals surface area contributed by atoms with Crippen LogP contribution < -0.4 is 10.5 Å². The fraction of sp³-hybridized carbons (Fsp3) is 0.400. The van der Waals surface area contributed by atoms with Gasteiger partial charge in [0.05, 0.1) is 12.9 Å². The van der Waals surface area contributed by atoms with E-state index >= 15 is 0 Å². The van der Waals surface area contributed by atoms with Gasteiger partial charge in [-0.3, -0.25) is 0 Å². The van der Waals surface area contributed by atoms with Gasteiger partial charge >= 0.3 is 0 Å². The van der Waals surface area contributed by atoms with Crippen LogP contribution in [0.4, 0.5) is 5.69 Å². The molecule has 0 spiro atoms. The smallest absolute Gasteiger partial charge is 0.148 e. The number of anilines is 1. The van der Waals surface area contributed by atoms with E-state index in [4.69, 9.17) is 10.5 Å². The van der Waals surface area contributed by atoms with Gasteiger partial charge in [-0.25, -0.2) is 8.42 Å². The van der Waals surface area contributed by atoms with Crippen molar-refractivity contribution in [3.8, 4) is 5.75 Å². The molecule has 0 aliphatic rings. The Hall–Kier alpha value is -0.880. The van der Waals surface area contributed by atoms with E-state index in [9.17, 15) is 8.42 Å². The zero-order valence-electron chi connectivity index (χ0n) is 9.26. The molecule has 1 aromatic carbocycles. The summed E-state index contributed by atoms with van der Waals surface area (Å²) in [7, 11) is -1.33. The first-order valence-electron chi connectivity index (χ1n) is 4.66. The van der Waals surface area contributed by atoms with E-state index in [1.165, 1.54) is 18.0 Å². The molecule has 0 bridgehead atoms. The maximum atomic E-state index is 10.9. The van der Waals surface area contributed by atoms with Crippen LogP contribution >= 0.6 is 11.8 Å². The number of ether oxygens (including phenoxy) is 1. The molecular formula is C10H15NO3S2. The lowest BCUT2D eigenvalue weighted by molar-refractivity contribution is 0.415. The van der Waals surface area contributed by atoms with Gasteiger partial charge in [0.25, 0.3) is 0 Å². The molecule has 1 aromatic rings. The third-order valence-corrected chi connectivity index (χ3v) is 4.22. The van der Waals surface area contributed by atoms with Crippen LogP contribution in [-0.2, 0) is 9.84 Å². The first-order chi connectivity index (χ1) is 7.42. The van der Waals surface area contributed by atoms with Gasteiger partial charge in [0.2, 0.25) is 0 Å². The van der Waals surface area contributed by atoms with Crippen LogP contribution in [0, 0.1) is 0 Å². The van der Waals surface area contributed by atoms with Crippen LogP contribution in [0.5, 0.6) is 5.75 Å². The molecule has 6 heteroatoms. The number of hydrogen-bond donors (Lipinski definition) is 1. The summed E-state index contributed by atoms with van der Waals surface area (Å²) >= 11 is 1.43. The molecule has 0 aliphatic heterocycles. The van der Waals surface area contributed by atoms with Gasteiger partial charge in [-0.15, -0.1) is 11.8 Å². The van der Waals surface area contributed by atoms with Crippen LogP contribution in [0.2, 0.25) is 0 Å². The lowest BCUT2D eigenvalue weighted by atomic mass is 10.3. The molecule has 16 heavy (non-hydrogen) atoms. The number of nitrogen functional groups attached to an aromatic ring is 1. The molecule has 0 amide bonds. The molecule has 0 fully saturated rings. The minimum atomic E-state index is -2.91. The van der Waals surface area contributed by atoms with Gasteiger partial charge in [0, 0.05) is 28.7 Å². The van der Waals surface area contributed by atoms with E-state index in [1.54, 1.807) is 19.2 Å². The standard InChI is InChI=1S/C10H15NO3S2/c1-14-8-3-4-10(9(11)7-8)15-5-6-16(2,12)13/h3-4,7H,5-6,11H2,1-2H3. The van der Waals surface area contributed by atoms with Crippen LogP contribution in [0.1, 0.15) is 0 Å². The highest BCUT2D eigenvalue weighted by molar-refractivity contribution is 8.00. The van der Waals surface area contributed by atoms with E-state index in [1.807, 2.05) is 6.07 Å². The highest BCUT2D eigenvalue weighted by Crippen LogP contribution is 2.28. The molecule has 0 aromatic heterocycles. The lowest BCUT2D eigenvalue weighted by Gasteiger charge is -2.06. The third-order valence-electron chi connectivity index (χ3n) is 1.93. The van der Waals surface area contributed by atoms with Crippen molar-refractivity contribution in [1.29, 1.82) is 0 Å². The molecule has 0 saturated heterocycles. The summed E-state index contributed by atoms with van der Waals surface area (Å²) < 4.78 is 26.9. The number of nitrogens with two attached hydrogens (primary N) is 1. The summed E-state index contributed by atoms with van der Waals surface area (Å²) in [5, 5.41) is 0. The first-order valence-corrected chi connectivity index (χ1v) is 7.71. The second kappa shape index (κ2) is 5.45. The van der Waals surface area contributed by atoms with Gasteiger partial charge in [-0.05, 0) is 12.1 Å². The summed E-state index contributed by atoms with van der Waals surface area (Å²) in [5.41, 5.74) is 6.41. The largest absolute Gasteiger partial charge is 0.497 e. The molecular weight excluding hydrogens is 246 g/mol. The number of hydrogen-bond acceptors (Lipinski definition) is 5. The Bertz CT molecular complexity index is 457. The van der Waals surface area contributed by atoms with Gasteiger partial charge in [0.15, 0.2) is 0 Å². The quantitative estimate of drug-likeness (QED) is 0.641. The van der Waals surface area contributed by atoms with Crippen LogP contribution in [0.3, 0.4) is 0 Å². The molecule has 4 nitrogen and oxygen atoms in total. The minimum absolute atomic E-state index is 0.156. The van der Waals surface area contributed by atoms with Crippen LogP contribution in [0.25, 0.3) is 0 Å². The summed E-state index contributed by atoms with van der Waals surface area (Å²) in [6.07, 6.45) is 1.23. The normalized spacial score (nSPS) is 11.4. The van der Waals surface area contributed by atoms with Crippen LogP contribution in [0.15, 0.2) is 23.1 Å². The Labute approximate surface area is 100 Å². The second-order valence-electron chi connectivity index (χ2n) is 3.38. The molecule has 0 unspecified atom stereocenters. The van der Waals surface area contributed by atoms with Crippen molar-refractivity contribution < 1.29 is 13.2 Å². The van der Waals surface area contributed by atoms with E-state index in [0.29, 0.717) is 17.2 Å². The molecule has 0 heterocycles. The topological polar surface area (TPSA) is 69.4 Å². The molecule has 1 rings (SSSR count). The zero-order valence-corrected chi connectivity index (χ0v) is 10.9. The Balaban J connectivity index is 2.61. The van der Waals surface area contributed by atoms with Gasteiger partial charge in [-0.2, -0.15) is 0 Å². The summed E-state index contributed by atoms with van der Waals surface area (Å²) in [6, 6.07) is 5.36. The van der Waals surface area contributed by atoms with E-state index in [2.05, 4.69) is 0 Å². The maximum absolute atomic E-state index is 10.9. The lowest BCUT2D eigenvalue weighted by Crippen LogP contribution is -2.05. The summed E-state index contributed by atoms with van der Waals surface area (Å²) in [5.74, 6) is 1.36. The van der Waals surface area contributed by atoms with E-state index < -0.39 is 9.84 Å². The number of rotatable bonds is 5. The van der Waals surface area contributed by atoms with Crippen molar-refractivity contribution >= 4 is 27.3 Å². The maximum Gasteiger partial charge on any atom is 0.148 e. The molecule has 0 atom stereocenters. The van der Waals surface area contributed by atoms with Crippen molar-refractivity contribution in [2.75, 3.05) is 30.6 Å². The predicted octanol–water partition coefficient (Wildman–Crippen LogP) is 1.41. The van der Waals surface area contributed by atoms with Gasteiger partial charge in [-0.1, -0.05) is 0 Å². The van der Waals surface area contributed by atoms with Crippen molar-refractivity contribution in [3.63, 3.8) is 0 Å². The van der Waals surface area contributed by atoms with Crippen molar-refractivity contribution in [1.82, 2.24) is 0 Å². The number of sulfone groups is 1. The molecule has 0 saturated carbocycles. The average Bonchev–Trinajstić information content (AvgIpc) is 2.18. The fourth-order valence-corrected chi connectivity index (χ4v) is 3.24. The Kier molecular flexibility index (Phi) is 4.49. The van der Waals surface area contributed by atoms with Crippen molar-refractivity contribution in [2.45, 2.75) is 4.90 Å². The minimum Gasteiger partial charge on any atom is -0.497 e. The van der Waals surface area contributed by atoms with Crippen LogP contribution in [-0.4, -0.2) is 33.3 Å².